The van der Waals surface area contributed by atoms with Crippen molar-refractivity contribution >= 4 is 0 Å². The van der Waals surface area contributed by atoms with Crippen LogP contribution in [0.5, 0.6) is 0 Å². The minimum absolute atomic E-state index is 0.106. The molecule has 20 heavy (non-hydrogen) atoms. The van der Waals surface area contributed by atoms with Crippen molar-refractivity contribution in [1.82, 2.24) is 14.9 Å². The SMILES string of the molecule is Cc1ncc(CNC(CO)C(C)C)n1-c1ccccc1. The lowest BCUT2D eigenvalue weighted by molar-refractivity contribution is 0.209. The fourth-order valence-electron chi connectivity index (χ4n) is 2.29. The second-order valence-corrected chi connectivity index (χ2v) is 5.38. The molecule has 2 N–H and O–H groups in total. The van der Waals surface area contributed by atoms with Gasteiger partial charge in [0.2, 0.25) is 0 Å². The Balaban J connectivity index is 2.18. The molecule has 0 aliphatic carbocycles. The normalized spacial score (nSPS) is 12.8. The number of aromatic nitrogens is 2. The summed E-state index contributed by atoms with van der Waals surface area (Å²) in [5.41, 5.74) is 2.22. The average molecular weight is 273 g/mol. The molecule has 0 saturated heterocycles. The van der Waals surface area contributed by atoms with Crippen molar-refractivity contribution < 1.29 is 5.11 Å². The Morgan fingerprint density at radius 3 is 2.55 bits per heavy atom. The van der Waals surface area contributed by atoms with Crippen molar-refractivity contribution in [3.05, 3.63) is 48.0 Å². The third-order valence-corrected chi connectivity index (χ3v) is 3.57. The molecule has 0 saturated carbocycles. The predicted molar refractivity (Wildman–Crippen MR) is 80.9 cm³/mol. The van der Waals surface area contributed by atoms with E-state index in [9.17, 15) is 5.11 Å². The first-order valence-electron chi connectivity index (χ1n) is 7.06. The summed E-state index contributed by atoms with van der Waals surface area (Å²) in [6.45, 7) is 7.05. The molecule has 1 aromatic carbocycles. The van der Waals surface area contributed by atoms with E-state index in [0.717, 1.165) is 17.2 Å². The maximum atomic E-state index is 9.38. The quantitative estimate of drug-likeness (QED) is 0.849. The Kier molecular flexibility index (Phi) is 4.93. The van der Waals surface area contributed by atoms with Crippen molar-refractivity contribution in [3.63, 3.8) is 0 Å². The highest BCUT2D eigenvalue weighted by atomic mass is 16.3. The number of hydrogen-bond acceptors (Lipinski definition) is 3. The Labute approximate surface area is 120 Å². The van der Waals surface area contributed by atoms with Crippen LogP contribution in [0.4, 0.5) is 0 Å². The highest BCUT2D eigenvalue weighted by Crippen LogP contribution is 2.14. The van der Waals surface area contributed by atoms with Crippen LogP contribution in [-0.4, -0.2) is 27.3 Å². The monoisotopic (exact) mass is 273 g/mol. The second kappa shape index (κ2) is 6.68. The third-order valence-electron chi connectivity index (χ3n) is 3.57. The lowest BCUT2D eigenvalue weighted by atomic mass is 10.1. The van der Waals surface area contributed by atoms with Crippen LogP contribution in [0.25, 0.3) is 5.69 Å². The zero-order valence-electron chi connectivity index (χ0n) is 12.4. The summed E-state index contributed by atoms with van der Waals surface area (Å²) in [4.78, 5) is 4.40. The zero-order valence-corrected chi connectivity index (χ0v) is 12.4. The maximum Gasteiger partial charge on any atom is 0.110 e. The van der Waals surface area contributed by atoms with Crippen LogP contribution in [-0.2, 0) is 6.54 Å². The summed E-state index contributed by atoms with van der Waals surface area (Å²) in [6.07, 6.45) is 1.89. The standard InChI is InChI=1S/C16H23N3O/c1-12(2)16(11-20)18-10-15-9-17-13(3)19(15)14-7-5-4-6-8-14/h4-9,12,16,18,20H,10-11H2,1-3H3. The topological polar surface area (TPSA) is 50.1 Å². The van der Waals surface area contributed by atoms with Crippen molar-refractivity contribution in [2.45, 2.75) is 33.4 Å². The van der Waals surface area contributed by atoms with Gasteiger partial charge in [0.1, 0.15) is 5.82 Å². The average Bonchev–Trinajstić information content (AvgIpc) is 2.81. The lowest BCUT2D eigenvalue weighted by Crippen LogP contribution is -2.36. The molecule has 0 aliphatic heterocycles. The summed E-state index contributed by atoms with van der Waals surface area (Å²) in [5.74, 6) is 1.37. The Hall–Kier alpha value is -1.65. The molecule has 2 aromatic rings. The molecule has 0 amide bonds. The van der Waals surface area contributed by atoms with Gasteiger partial charge in [0.25, 0.3) is 0 Å². The van der Waals surface area contributed by atoms with Gasteiger partial charge in [-0.05, 0) is 25.0 Å². The Morgan fingerprint density at radius 1 is 1.25 bits per heavy atom. The molecule has 1 heterocycles. The molecule has 0 aliphatic rings. The van der Waals surface area contributed by atoms with Gasteiger partial charge in [-0.2, -0.15) is 0 Å². The molecule has 0 spiro atoms. The van der Waals surface area contributed by atoms with Crippen LogP contribution in [0, 0.1) is 12.8 Å². The molecule has 2 rings (SSSR count). The number of aliphatic hydroxyl groups is 1. The minimum Gasteiger partial charge on any atom is -0.395 e. The molecule has 4 nitrogen and oxygen atoms in total. The van der Waals surface area contributed by atoms with Crippen LogP contribution in [0.2, 0.25) is 0 Å². The van der Waals surface area contributed by atoms with Gasteiger partial charge in [-0.25, -0.2) is 4.98 Å². The predicted octanol–water partition coefficient (Wildman–Crippen LogP) is 2.29. The van der Waals surface area contributed by atoms with E-state index in [1.165, 1.54) is 0 Å². The zero-order chi connectivity index (χ0) is 14.5. The lowest BCUT2D eigenvalue weighted by Gasteiger charge is -2.20. The van der Waals surface area contributed by atoms with E-state index in [1.807, 2.05) is 31.3 Å². The molecule has 1 aromatic heterocycles. The molecule has 1 atom stereocenters. The summed E-state index contributed by atoms with van der Waals surface area (Å²) >= 11 is 0. The summed E-state index contributed by atoms with van der Waals surface area (Å²) in [5, 5.41) is 12.8. The highest BCUT2D eigenvalue weighted by molar-refractivity contribution is 5.35. The number of para-hydroxylation sites is 1. The molecular formula is C16H23N3O. The van der Waals surface area contributed by atoms with Gasteiger partial charge < -0.3 is 10.4 Å². The molecular weight excluding hydrogens is 250 g/mol. The van der Waals surface area contributed by atoms with Crippen molar-refractivity contribution in [2.24, 2.45) is 5.92 Å². The first kappa shape index (κ1) is 14.8. The highest BCUT2D eigenvalue weighted by Gasteiger charge is 2.14. The number of rotatable bonds is 6. The Bertz CT molecular complexity index is 534. The number of nitrogens with zero attached hydrogens (tertiary/aromatic N) is 2. The third kappa shape index (κ3) is 3.26. The fourth-order valence-corrected chi connectivity index (χ4v) is 2.29. The summed E-state index contributed by atoms with van der Waals surface area (Å²) in [6, 6.07) is 10.3. The van der Waals surface area contributed by atoms with Gasteiger partial charge in [0.05, 0.1) is 18.5 Å². The number of aryl methyl sites for hydroxylation is 1. The molecule has 4 heteroatoms. The van der Waals surface area contributed by atoms with Gasteiger partial charge in [0, 0.05) is 18.3 Å². The fraction of sp³-hybridized carbons (Fsp3) is 0.438. The van der Waals surface area contributed by atoms with Gasteiger partial charge >= 0.3 is 0 Å². The van der Waals surface area contributed by atoms with Gasteiger partial charge in [-0.1, -0.05) is 32.0 Å². The van der Waals surface area contributed by atoms with Gasteiger partial charge in [0.15, 0.2) is 0 Å². The van der Waals surface area contributed by atoms with E-state index in [4.69, 9.17) is 0 Å². The number of hydrogen-bond donors (Lipinski definition) is 2. The van der Waals surface area contributed by atoms with Crippen molar-refractivity contribution in [3.8, 4) is 5.69 Å². The first-order chi connectivity index (χ1) is 9.63. The summed E-state index contributed by atoms with van der Waals surface area (Å²) in [7, 11) is 0. The van der Waals surface area contributed by atoms with E-state index in [1.54, 1.807) is 0 Å². The van der Waals surface area contributed by atoms with Crippen LogP contribution < -0.4 is 5.32 Å². The van der Waals surface area contributed by atoms with Crippen molar-refractivity contribution in [1.29, 1.82) is 0 Å². The van der Waals surface area contributed by atoms with E-state index >= 15 is 0 Å². The smallest absolute Gasteiger partial charge is 0.110 e. The van der Waals surface area contributed by atoms with Gasteiger partial charge in [-0.3, -0.25) is 4.57 Å². The number of nitrogens with one attached hydrogen (secondary N) is 1. The number of benzene rings is 1. The van der Waals surface area contributed by atoms with Crippen LogP contribution in [0.1, 0.15) is 25.4 Å². The largest absolute Gasteiger partial charge is 0.395 e. The Morgan fingerprint density at radius 2 is 1.95 bits per heavy atom. The van der Waals surface area contributed by atoms with Crippen LogP contribution >= 0.6 is 0 Å². The minimum atomic E-state index is 0.106. The van der Waals surface area contributed by atoms with E-state index in [-0.39, 0.29) is 12.6 Å². The molecule has 0 radical (unpaired) electrons. The van der Waals surface area contributed by atoms with E-state index in [2.05, 4.69) is 40.8 Å². The van der Waals surface area contributed by atoms with Crippen LogP contribution in [0.3, 0.4) is 0 Å². The number of aliphatic hydroxyl groups excluding tert-OH is 1. The molecule has 108 valence electrons. The van der Waals surface area contributed by atoms with Crippen LogP contribution in [0.15, 0.2) is 36.5 Å². The van der Waals surface area contributed by atoms with Crippen molar-refractivity contribution in [2.75, 3.05) is 6.61 Å². The molecule has 0 bridgehead atoms. The van der Waals surface area contributed by atoms with E-state index in [0.29, 0.717) is 12.5 Å². The molecule has 1 unspecified atom stereocenters. The first-order valence-corrected chi connectivity index (χ1v) is 7.06. The maximum absolute atomic E-state index is 9.38. The number of imidazole rings is 1. The second-order valence-electron chi connectivity index (χ2n) is 5.38. The van der Waals surface area contributed by atoms with E-state index < -0.39 is 0 Å². The van der Waals surface area contributed by atoms with Gasteiger partial charge in [-0.15, -0.1) is 0 Å². The summed E-state index contributed by atoms with van der Waals surface area (Å²) < 4.78 is 2.14. The molecule has 0 fully saturated rings.